The van der Waals surface area contributed by atoms with Crippen molar-refractivity contribution in [2.24, 2.45) is 0 Å². The van der Waals surface area contributed by atoms with E-state index in [1.54, 1.807) is 0 Å². The molecule has 0 aromatic rings. The Morgan fingerprint density at radius 3 is 0.696 bits per heavy atom. The molecule has 0 bridgehead atoms. The van der Waals surface area contributed by atoms with Gasteiger partial charge in [0.2, 0.25) is 5.91 Å². The third-order valence-corrected chi connectivity index (χ3v) is 15.7. The second-order valence-corrected chi connectivity index (χ2v) is 22.7. The van der Waals surface area contributed by atoms with Crippen LogP contribution in [-0.4, -0.2) is 46.1 Å². The lowest BCUT2D eigenvalue weighted by molar-refractivity contribution is -0.124. The molecule has 0 aromatic heterocycles. The number of aliphatic hydroxyl groups excluding tert-OH is 3. The van der Waals surface area contributed by atoms with Gasteiger partial charge in [-0.2, -0.15) is 0 Å². The third-order valence-electron chi connectivity index (χ3n) is 15.7. The average molecular weight is 977 g/mol. The van der Waals surface area contributed by atoms with Crippen LogP contribution in [0.2, 0.25) is 0 Å². The summed E-state index contributed by atoms with van der Waals surface area (Å²) in [5.74, 6) is -0.134. The van der Waals surface area contributed by atoms with E-state index in [4.69, 9.17) is 0 Å². The van der Waals surface area contributed by atoms with Crippen LogP contribution in [-0.2, 0) is 4.79 Å². The first-order valence-electron chi connectivity index (χ1n) is 32.3. The zero-order valence-corrected chi connectivity index (χ0v) is 47.5. The van der Waals surface area contributed by atoms with Crippen LogP contribution < -0.4 is 5.32 Å². The van der Waals surface area contributed by atoms with Crippen molar-refractivity contribution in [2.75, 3.05) is 6.61 Å². The maximum atomic E-state index is 12.6. The summed E-state index contributed by atoms with van der Waals surface area (Å²) >= 11 is 0. The number of amides is 1. The molecule has 0 saturated carbocycles. The van der Waals surface area contributed by atoms with Crippen LogP contribution in [0, 0.1) is 0 Å². The van der Waals surface area contributed by atoms with E-state index in [0.717, 1.165) is 32.1 Å². The van der Waals surface area contributed by atoms with Crippen LogP contribution in [0.4, 0.5) is 0 Å². The Balaban J connectivity index is 3.42. The van der Waals surface area contributed by atoms with Crippen molar-refractivity contribution >= 4 is 5.91 Å². The highest BCUT2D eigenvalue weighted by molar-refractivity contribution is 5.76. The van der Waals surface area contributed by atoms with E-state index < -0.39 is 18.2 Å². The largest absolute Gasteiger partial charge is 0.394 e. The molecule has 0 saturated heterocycles. The molecule has 0 aliphatic rings. The molecule has 0 radical (unpaired) electrons. The highest BCUT2D eigenvalue weighted by Crippen LogP contribution is 2.20. The summed E-state index contributed by atoms with van der Waals surface area (Å²) < 4.78 is 0. The second-order valence-electron chi connectivity index (χ2n) is 22.7. The molecule has 5 nitrogen and oxygen atoms in total. The van der Waals surface area contributed by atoms with E-state index in [1.807, 2.05) is 0 Å². The number of hydrogen-bond donors (Lipinski definition) is 4. The van der Waals surface area contributed by atoms with Gasteiger partial charge >= 0.3 is 0 Å². The van der Waals surface area contributed by atoms with Crippen LogP contribution in [0.3, 0.4) is 0 Å². The SMILES string of the molecule is CCCCCCCCCCCCCCCCCCCCCCCCCCCCCCCCCCCCCC(=O)NC(CO)C(O)C(O)CCCCCCCCCCCCCCCCCCCCCC. The van der Waals surface area contributed by atoms with Gasteiger partial charge in [0.15, 0.2) is 0 Å². The smallest absolute Gasteiger partial charge is 0.220 e. The van der Waals surface area contributed by atoms with Gasteiger partial charge in [0, 0.05) is 6.42 Å². The number of carbonyl (C=O) groups is 1. The second kappa shape index (κ2) is 59.9. The van der Waals surface area contributed by atoms with Crippen molar-refractivity contribution in [3.63, 3.8) is 0 Å². The normalized spacial score (nSPS) is 13.1. The number of hydrogen-bond acceptors (Lipinski definition) is 4. The van der Waals surface area contributed by atoms with Gasteiger partial charge in [-0.1, -0.05) is 361 Å². The first kappa shape index (κ1) is 68.4. The summed E-state index contributed by atoms with van der Waals surface area (Å²) in [5.41, 5.74) is 0. The Hall–Kier alpha value is -0.650. The van der Waals surface area contributed by atoms with E-state index in [9.17, 15) is 20.1 Å². The molecule has 0 spiro atoms. The maximum Gasteiger partial charge on any atom is 0.220 e. The minimum atomic E-state index is -1.13. The molecule has 5 heteroatoms. The predicted octanol–water partition coefficient (Wildman–Crippen LogP) is 20.5. The summed E-state index contributed by atoms with van der Waals surface area (Å²) in [6.07, 6.45) is 74.4. The van der Waals surface area contributed by atoms with E-state index in [0.29, 0.717) is 12.8 Å². The van der Waals surface area contributed by atoms with Crippen molar-refractivity contribution in [2.45, 2.75) is 398 Å². The maximum absolute atomic E-state index is 12.6. The molecule has 0 aliphatic carbocycles. The zero-order valence-electron chi connectivity index (χ0n) is 47.5. The van der Waals surface area contributed by atoms with E-state index in [2.05, 4.69) is 19.2 Å². The number of carbonyl (C=O) groups excluding carboxylic acids is 1. The average Bonchev–Trinajstić information content (AvgIpc) is 3.35. The quantitative estimate of drug-likeness (QED) is 0.0457. The van der Waals surface area contributed by atoms with Crippen LogP contribution in [0.5, 0.6) is 0 Å². The van der Waals surface area contributed by atoms with E-state index in [-0.39, 0.29) is 12.5 Å². The van der Waals surface area contributed by atoms with Crippen LogP contribution in [0.1, 0.15) is 380 Å². The van der Waals surface area contributed by atoms with Crippen molar-refractivity contribution in [3.05, 3.63) is 0 Å². The van der Waals surface area contributed by atoms with Gasteiger partial charge in [0.25, 0.3) is 0 Å². The van der Waals surface area contributed by atoms with Crippen molar-refractivity contribution in [1.29, 1.82) is 0 Å². The minimum Gasteiger partial charge on any atom is -0.394 e. The Labute approximate surface area is 434 Å². The Morgan fingerprint density at radius 1 is 0.304 bits per heavy atom. The monoisotopic (exact) mass is 976 g/mol. The number of nitrogens with one attached hydrogen (secondary N) is 1. The fourth-order valence-corrected chi connectivity index (χ4v) is 10.8. The molecule has 69 heavy (non-hydrogen) atoms. The summed E-state index contributed by atoms with van der Waals surface area (Å²) in [4.78, 5) is 12.6. The van der Waals surface area contributed by atoms with Gasteiger partial charge in [-0.15, -0.1) is 0 Å². The van der Waals surface area contributed by atoms with Crippen LogP contribution in [0.15, 0.2) is 0 Å². The fourth-order valence-electron chi connectivity index (χ4n) is 10.8. The number of rotatable bonds is 61. The topological polar surface area (TPSA) is 89.8 Å². The molecule has 0 rings (SSSR count). The number of aliphatic hydroxyl groups is 3. The molecule has 3 unspecified atom stereocenters. The Kier molecular flexibility index (Phi) is 59.3. The lowest BCUT2D eigenvalue weighted by atomic mass is 9.99. The minimum absolute atomic E-state index is 0.134. The highest BCUT2D eigenvalue weighted by Gasteiger charge is 2.26. The molecule has 0 aromatic carbocycles. The van der Waals surface area contributed by atoms with Crippen molar-refractivity contribution in [3.8, 4) is 0 Å². The van der Waals surface area contributed by atoms with Gasteiger partial charge in [0.05, 0.1) is 18.8 Å². The summed E-state index contributed by atoms with van der Waals surface area (Å²) in [6.45, 7) is 4.24. The standard InChI is InChI=1S/C64H129NO4/c1-3-5-7-9-11-13-15-17-19-21-23-25-26-27-28-29-30-31-32-33-34-35-36-37-38-39-41-43-45-47-49-51-53-55-57-59-63(68)65-61(60-66)64(69)62(67)58-56-54-52-50-48-46-44-42-40-24-22-20-18-16-14-12-10-8-6-4-2/h61-62,64,66-67,69H,3-60H2,1-2H3,(H,65,68). The molecule has 1 amide bonds. The predicted molar refractivity (Wildman–Crippen MR) is 306 cm³/mol. The van der Waals surface area contributed by atoms with E-state index in [1.165, 1.54) is 321 Å². The van der Waals surface area contributed by atoms with Gasteiger partial charge < -0.3 is 20.6 Å². The first-order valence-corrected chi connectivity index (χ1v) is 32.3. The van der Waals surface area contributed by atoms with Gasteiger partial charge in [-0.3, -0.25) is 4.79 Å². The molecule has 0 heterocycles. The summed E-state index contributed by atoms with van der Waals surface area (Å²) in [5, 5.41) is 33.9. The lowest BCUT2D eigenvalue weighted by Crippen LogP contribution is -2.50. The fraction of sp³-hybridized carbons (Fsp3) is 0.984. The molecule has 0 fully saturated rings. The van der Waals surface area contributed by atoms with Crippen molar-refractivity contribution in [1.82, 2.24) is 5.32 Å². The molecular weight excluding hydrogens is 847 g/mol. The summed E-state index contributed by atoms with van der Waals surface area (Å²) in [7, 11) is 0. The van der Waals surface area contributed by atoms with Gasteiger partial charge in [0.1, 0.15) is 6.10 Å². The van der Waals surface area contributed by atoms with Crippen molar-refractivity contribution < 1.29 is 20.1 Å². The van der Waals surface area contributed by atoms with Gasteiger partial charge in [-0.25, -0.2) is 0 Å². The Morgan fingerprint density at radius 2 is 0.493 bits per heavy atom. The molecule has 3 atom stereocenters. The first-order chi connectivity index (χ1) is 34.1. The molecule has 4 N–H and O–H groups in total. The van der Waals surface area contributed by atoms with E-state index >= 15 is 0 Å². The highest BCUT2D eigenvalue weighted by atomic mass is 16.3. The lowest BCUT2D eigenvalue weighted by Gasteiger charge is -2.26. The van der Waals surface area contributed by atoms with Gasteiger partial charge in [-0.05, 0) is 12.8 Å². The molecule has 414 valence electrons. The van der Waals surface area contributed by atoms with Crippen LogP contribution in [0.25, 0.3) is 0 Å². The molecular formula is C64H129NO4. The van der Waals surface area contributed by atoms with Crippen LogP contribution >= 0.6 is 0 Å². The third kappa shape index (κ3) is 54.9. The molecule has 0 aliphatic heterocycles. The number of unbranched alkanes of at least 4 members (excludes halogenated alkanes) is 53. The zero-order chi connectivity index (χ0) is 50.0. The Bertz CT molecular complexity index is 944. The summed E-state index contributed by atoms with van der Waals surface area (Å²) in [6, 6.07) is -0.805.